The summed E-state index contributed by atoms with van der Waals surface area (Å²) in [6.07, 6.45) is 3.60. The molecule has 0 spiro atoms. The van der Waals surface area contributed by atoms with Gasteiger partial charge in [0.15, 0.2) is 0 Å². The average Bonchev–Trinajstić information content (AvgIpc) is 3.11. The topological polar surface area (TPSA) is 93.6 Å². The van der Waals surface area contributed by atoms with Crippen LogP contribution in [0.5, 0.6) is 0 Å². The van der Waals surface area contributed by atoms with Crippen LogP contribution in [0, 0.1) is 0 Å². The minimum Gasteiger partial charge on any atom is -0.353 e. The largest absolute Gasteiger partial charge is 0.353 e. The van der Waals surface area contributed by atoms with Gasteiger partial charge in [-0.2, -0.15) is 4.98 Å². The molecular weight excluding hydrogens is 254 g/mol. The SMILES string of the molecule is NCc1nc(-c2ccc3[nH]c4cnccc4c3c2)no1. The zero-order chi connectivity index (χ0) is 13.5. The first-order chi connectivity index (χ1) is 9.85. The van der Waals surface area contributed by atoms with Crippen molar-refractivity contribution in [1.82, 2.24) is 20.1 Å². The number of benzene rings is 1. The van der Waals surface area contributed by atoms with Gasteiger partial charge in [-0.1, -0.05) is 5.16 Å². The molecule has 0 aliphatic rings. The number of nitrogens with one attached hydrogen (secondary N) is 1. The van der Waals surface area contributed by atoms with Gasteiger partial charge in [-0.3, -0.25) is 4.98 Å². The van der Waals surface area contributed by atoms with Crippen molar-refractivity contribution < 1.29 is 4.52 Å². The van der Waals surface area contributed by atoms with Crippen LogP contribution in [0.2, 0.25) is 0 Å². The summed E-state index contributed by atoms with van der Waals surface area (Å²) in [5.74, 6) is 0.985. The number of hydrogen-bond acceptors (Lipinski definition) is 5. The van der Waals surface area contributed by atoms with Gasteiger partial charge in [0.05, 0.1) is 18.3 Å². The summed E-state index contributed by atoms with van der Waals surface area (Å²) >= 11 is 0. The highest BCUT2D eigenvalue weighted by atomic mass is 16.5. The quantitative estimate of drug-likeness (QED) is 0.579. The molecular formula is C14H11N5O. The monoisotopic (exact) mass is 265 g/mol. The molecule has 3 aromatic heterocycles. The van der Waals surface area contributed by atoms with Gasteiger partial charge < -0.3 is 15.2 Å². The van der Waals surface area contributed by atoms with Gasteiger partial charge >= 0.3 is 0 Å². The fourth-order valence-electron chi connectivity index (χ4n) is 2.34. The van der Waals surface area contributed by atoms with Gasteiger partial charge in [0, 0.05) is 28.0 Å². The van der Waals surface area contributed by atoms with E-state index < -0.39 is 0 Å². The normalized spacial score (nSPS) is 11.4. The zero-order valence-corrected chi connectivity index (χ0v) is 10.5. The van der Waals surface area contributed by atoms with Crippen LogP contribution < -0.4 is 5.73 Å². The maximum Gasteiger partial charge on any atom is 0.240 e. The minimum absolute atomic E-state index is 0.244. The molecule has 1 aromatic carbocycles. The molecule has 0 aliphatic carbocycles. The van der Waals surface area contributed by atoms with E-state index in [2.05, 4.69) is 20.1 Å². The number of hydrogen-bond donors (Lipinski definition) is 2. The molecule has 0 radical (unpaired) electrons. The number of aromatic nitrogens is 4. The molecule has 0 unspecified atom stereocenters. The second-order valence-corrected chi connectivity index (χ2v) is 4.52. The van der Waals surface area contributed by atoms with Gasteiger partial charge in [-0.15, -0.1) is 0 Å². The van der Waals surface area contributed by atoms with E-state index >= 15 is 0 Å². The van der Waals surface area contributed by atoms with E-state index in [1.165, 1.54) is 0 Å². The third kappa shape index (κ3) is 1.59. The molecule has 98 valence electrons. The van der Waals surface area contributed by atoms with Gasteiger partial charge in [-0.05, 0) is 24.3 Å². The molecule has 6 nitrogen and oxygen atoms in total. The van der Waals surface area contributed by atoms with E-state index in [1.54, 1.807) is 6.20 Å². The van der Waals surface area contributed by atoms with E-state index in [-0.39, 0.29) is 6.54 Å². The van der Waals surface area contributed by atoms with E-state index in [0.29, 0.717) is 11.7 Å². The van der Waals surface area contributed by atoms with Crippen LogP contribution in [0.15, 0.2) is 41.2 Å². The van der Waals surface area contributed by atoms with Crippen LogP contribution in [-0.4, -0.2) is 20.1 Å². The summed E-state index contributed by atoms with van der Waals surface area (Å²) < 4.78 is 5.05. The molecule has 3 N–H and O–H groups in total. The highest BCUT2D eigenvalue weighted by Gasteiger charge is 2.10. The van der Waals surface area contributed by atoms with Crippen molar-refractivity contribution in [2.75, 3.05) is 0 Å². The summed E-state index contributed by atoms with van der Waals surface area (Å²) in [7, 11) is 0. The number of rotatable bonds is 2. The molecule has 20 heavy (non-hydrogen) atoms. The predicted octanol–water partition coefficient (Wildman–Crippen LogP) is 2.22. The standard InChI is InChI=1S/C14H11N5O/c15-6-13-18-14(19-20-13)8-1-2-11-10(5-8)9-3-4-16-7-12(9)17-11/h1-5,7,17H,6,15H2. The molecule has 0 saturated carbocycles. The Hall–Kier alpha value is -2.73. The maximum atomic E-state index is 5.48. The molecule has 6 heteroatoms. The van der Waals surface area contributed by atoms with Crippen LogP contribution in [-0.2, 0) is 6.54 Å². The highest BCUT2D eigenvalue weighted by Crippen LogP contribution is 2.28. The molecule has 0 atom stereocenters. The molecule has 0 amide bonds. The highest BCUT2D eigenvalue weighted by molar-refractivity contribution is 6.07. The molecule has 4 rings (SSSR count). The maximum absolute atomic E-state index is 5.48. The first-order valence-electron chi connectivity index (χ1n) is 6.23. The Kier molecular flexibility index (Phi) is 2.30. The van der Waals surface area contributed by atoms with Crippen molar-refractivity contribution in [3.63, 3.8) is 0 Å². The van der Waals surface area contributed by atoms with Crippen LogP contribution in [0.3, 0.4) is 0 Å². The summed E-state index contributed by atoms with van der Waals surface area (Å²) in [6, 6.07) is 7.98. The first-order valence-corrected chi connectivity index (χ1v) is 6.23. The smallest absolute Gasteiger partial charge is 0.240 e. The van der Waals surface area contributed by atoms with Crippen molar-refractivity contribution in [2.45, 2.75) is 6.54 Å². The Morgan fingerprint density at radius 1 is 1.15 bits per heavy atom. The van der Waals surface area contributed by atoms with Gasteiger partial charge in [0.25, 0.3) is 0 Å². The van der Waals surface area contributed by atoms with Crippen molar-refractivity contribution >= 4 is 21.8 Å². The summed E-state index contributed by atoms with van der Waals surface area (Å²) in [6.45, 7) is 0.244. The van der Waals surface area contributed by atoms with Gasteiger partial charge in [0.1, 0.15) is 0 Å². The summed E-state index contributed by atoms with van der Waals surface area (Å²) in [4.78, 5) is 11.7. The number of pyridine rings is 1. The number of nitrogens with two attached hydrogens (primary N) is 1. The molecule has 0 saturated heterocycles. The van der Waals surface area contributed by atoms with Crippen LogP contribution in [0.25, 0.3) is 33.2 Å². The third-order valence-electron chi connectivity index (χ3n) is 3.30. The third-order valence-corrected chi connectivity index (χ3v) is 3.30. The first kappa shape index (κ1) is 11.1. The molecule has 0 bridgehead atoms. The lowest BCUT2D eigenvalue weighted by Gasteiger charge is -1.95. The molecule has 0 aliphatic heterocycles. The van der Waals surface area contributed by atoms with E-state index in [9.17, 15) is 0 Å². The van der Waals surface area contributed by atoms with Crippen molar-refractivity contribution in [1.29, 1.82) is 0 Å². The minimum atomic E-state index is 0.244. The van der Waals surface area contributed by atoms with E-state index in [0.717, 1.165) is 27.4 Å². The van der Waals surface area contributed by atoms with Gasteiger partial charge in [0.2, 0.25) is 11.7 Å². The lowest BCUT2D eigenvalue weighted by Crippen LogP contribution is -1.95. The molecule has 3 heterocycles. The predicted molar refractivity (Wildman–Crippen MR) is 74.8 cm³/mol. The lowest BCUT2D eigenvalue weighted by molar-refractivity contribution is 0.380. The number of H-pyrrole nitrogens is 1. The fourth-order valence-corrected chi connectivity index (χ4v) is 2.34. The second-order valence-electron chi connectivity index (χ2n) is 4.52. The van der Waals surface area contributed by atoms with Crippen LogP contribution in [0.4, 0.5) is 0 Å². The van der Waals surface area contributed by atoms with Crippen LogP contribution >= 0.6 is 0 Å². The Labute approximate surface area is 113 Å². The van der Waals surface area contributed by atoms with Crippen molar-refractivity contribution in [3.05, 3.63) is 42.5 Å². The Morgan fingerprint density at radius 2 is 2.10 bits per heavy atom. The number of fused-ring (bicyclic) bond motifs is 3. The molecule has 4 aromatic rings. The Balaban J connectivity index is 1.95. The van der Waals surface area contributed by atoms with E-state index in [1.807, 2.05) is 30.5 Å². The zero-order valence-electron chi connectivity index (χ0n) is 10.5. The summed E-state index contributed by atoms with van der Waals surface area (Å²) in [5.41, 5.74) is 8.45. The lowest BCUT2D eigenvalue weighted by atomic mass is 10.1. The number of aromatic amines is 1. The van der Waals surface area contributed by atoms with Crippen LogP contribution in [0.1, 0.15) is 5.89 Å². The molecule has 0 fully saturated rings. The summed E-state index contributed by atoms with van der Waals surface area (Å²) in [5, 5.41) is 6.17. The van der Waals surface area contributed by atoms with E-state index in [4.69, 9.17) is 10.3 Å². The second kappa shape index (κ2) is 4.14. The number of nitrogens with zero attached hydrogens (tertiary/aromatic N) is 3. The van der Waals surface area contributed by atoms with Crippen molar-refractivity contribution in [3.8, 4) is 11.4 Å². The Bertz CT molecular complexity index is 908. The average molecular weight is 265 g/mol. The van der Waals surface area contributed by atoms with Gasteiger partial charge in [-0.25, -0.2) is 0 Å². The van der Waals surface area contributed by atoms with Crippen molar-refractivity contribution in [2.24, 2.45) is 5.73 Å². The fraction of sp³-hybridized carbons (Fsp3) is 0.0714. The Morgan fingerprint density at radius 3 is 2.95 bits per heavy atom.